The maximum atomic E-state index is 12.4. The molecule has 0 saturated heterocycles. The number of aromatic carboxylic acids is 1. The van der Waals surface area contributed by atoms with Gasteiger partial charge in [-0.1, -0.05) is 30.3 Å². The summed E-state index contributed by atoms with van der Waals surface area (Å²) in [5.74, 6) is -0.557. The molecule has 1 aliphatic heterocycles. The molecule has 1 N–H and O–H groups in total. The van der Waals surface area contributed by atoms with Crippen molar-refractivity contribution in [2.45, 2.75) is 19.6 Å². The third-order valence-electron chi connectivity index (χ3n) is 3.65. The van der Waals surface area contributed by atoms with E-state index in [9.17, 15) is 14.7 Å². The molecular formula is C17H15NO4. The molecule has 0 spiro atoms. The van der Waals surface area contributed by atoms with Crippen molar-refractivity contribution in [1.82, 2.24) is 0 Å². The minimum atomic E-state index is -1.00. The Balaban J connectivity index is 2.02. The molecule has 1 amide bonds. The van der Waals surface area contributed by atoms with Crippen LogP contribution in [0.5, 0.6) is 5.75 Å². The van der Waals surface area contributed by atoms with Crippen LogP contribution in [0.4, 0.5) is 5.69 Å². The molecule has 1 unspecified atom stereocenters. The lowest BCUT2D eigenvalue weighted by molar-refractivity contribution is -0.125. The number of carboxylic acid groups (broad SMARTS) is 1. The van der Waals surface area contributed by atoms with Crippen LogP contribution >= 0.6 is 0 Å². The van der Waals surface area contributed by atoms with Crippen LogP contribution in [0.25, 0.3) is 0 Å². The fraction of sp³-hybridized carbons (Fsp3) is 0.176. The second kappa shape index (κ2) is 5.52. The SMILES string of the molecule is CC1Oc2ccccc2N(Cc2ccccc2C(=O)O)C1=O. The summed E-state index contributed by atoms with van der Waals surface area (Å²) >= 11 is 0. The second-order valence-electron chi connectivity index (χ2n) is 5.11. The maximum absolute atomic E-state index is 12.4. The Morgan fingerprint density at radius 2 is 1.86 bits per heavy atom. The highest BCUT2D eigenvalue weighted by molar-refractivity contribution is 6.00. The molecule has 0 bridgehead atoms. The minimum absolute atomic E-state index is 0.182. The van der Waals surface area contributed by atoms with Crippen LogP contribution in [-0.2, 0) is 11.3 Å². The molecule has 1 atom stereocenters. The molecule has 0 aliphatic carbocycles. The van der Waals surface area contributed by atoms with Crippen molar-refractivity contribution in [2.24, 2.45) is 0 Å². The molecule has 1 heterocycles. The topological polar surface area (TPSA) is 66.8 Å². The molecule has 2 aromatic carbocycles. The highest BCUT2D eigenvalue weighted by atomic mass is 16.5. The van der Waals surface area contributed by atoms with E-state index < -0.39 is 12.1 Å². The van der Waals surface area contributed by atoms with E-state index in [-0.39, 0.29) is 18.0 Å². The van der Waals surface area contributed by atoms with Crippen molar-refractivity contribution in [3.05, 3.63) is 59.7 Å². The van der Waals surface area contributed by atoms with Crippen LogP contribution in [0, 0.1) is 0 Å². The first-order valence-corrected chi connectivity index (χ1v) is 6.96. The van der Waals surface area contributed by atoms with Crippen molar-refractivity contribution in [1.29, 1.82) is 0 Å². The van der Waals surface area contributed by atoms with Gasteiger partial charge < -0.3 is 14.7 Å². The third-order valence-corrected chi connectivity index (χ3v) is 3.65. The van der Waals surface area contributed by atoms with E-state index in [0.29, 0.717) is 17.0 Å². The van der Waals surface area contributed by atoms with Crippen LogP contribution in [0.2, 0.25) is 0 Å². The lowest BCUT2D eigenvalue weighted by atomic mass is 10.1. The van der Waals surface area contributed by atoms with Gasteiger partial charge >= 0.3 is 5.97 Å². The average Bonchev–Trinajstić information content (AvgIpc) is 2.52. The van der Waals surface area contributed by atoms with Gasteiger partial charge in [0.1, 0.15) is 5.75 Å². The number of amides is 1. The van der Waals surface area contributed by atoms with Crippen LogP contribution in [0.1, 0.15) is 22.8 Å². The number of hydrogen-bond donors (Lipinski definition) is 1. The van der Waals surface area contributed by atoms with E-state index in [0.717, 1.165) is 0 Å². The fourth-order valence-corrected chi connectivity index (χ4v) is 2.56. The van der Waals surface area contributed by atoms with Crippen LogP contribution < -0.4 is 9.64 Å². The van der Waals surface area contributed by atoms with Gasteiger partial charge in [0, 0.05) is 0 Å². The molecular weight excluding hydrogens is 282 g/mol. The second-order valence-corrected chi connectivity index (χ2v) is 5.11. The quantitative estimate of drug-likeness (QED) is 0.946. The summed E-state index contributed by atoms with van der Waals surface area (Å²) in [4.78, 5) is 25.3. The molecule has 0 fully saturated rings. The lowest BCUT2D eigenvalue weighted by Crippen LogP contribution is -2.44. The van der Waals surface area contributed by atoms with Gasteiger partial charge in [-0.3, -0.25) is 4.79 Å². The standard InChI is InChI=1S/C17H15NO4/c1-11-16(19)18(14-8-4-5-9-15(14)22-11)10-12-6-2-3-7-13(12)17(20)21/h2-9,11H,10H2,1H3,(H,20,21). The highest BCUT2D eigenvalue weighted by Gasteiger charge is 2.31. The smallest absolute Gasteiger partial charge is 0.336 e. The summed E-state index contributed by atoms with van der Waals surface area (Å²) in [6.45, 7) is 1.89. The minimum Gasteiger partial charge on any atom is -0.479 e. The first kappa shape index (κ1) is 14.1. The van der Waals surface area contributed by atoms with Gasteiger partial charge in [0.15, 0.2) is 6.10 Å². The fourth-order valence-electron chi connectivity index (χ4n) is 2.56. The Morgan fingerprint density at radius 1 is 1.18 bits per heavy atom. The van der Waals surface area contributed by atoms with Crippen LogP contribution in [0.3, 0.4) is 0 Å². The van der Waals surface area contributed by atoms with E-state index in [1.165, 1.54) is 6.07 Å². The lowest BCUT2D eigenvalue weighted by Gasteiger charge is -2.33. The van der Waals surface area contributed by atoms with Gasteiger partial charge in [-0.15, -0.1) is 0 Å². The number of para-hydroxylation sites is 2. The number of benzene rings is 2. The van der Waals surface area contributed by atoms with Crippen molar-refractivity contribution >= 4 is 17.6 Å². The van der Waals surface area contributed by atoms with Gasteiger partial charge in [-0.25, -0.2) is 4.79 Å². The number of carboxylic acids is 1. The van der Waals surface area contributed by atoms with E-state index in [4.69, 9.17) is 4.74 Å². The Kier molecular flexibility index (Phi) is 3.55. The first-order valence-electron chi connectivity index (χ1n) is 6.96. The molecule has 112 valence electrons. The number of ether oxygens (including phenoxy) is 1. The van der Waals surface area contributed by atoms with Crippen LogP contribution in [0.15, 0.2) is 48.5 Å². The van der Waals surface area contributed by atoms with Gasteiger partial charge in [0.2, 0.25) is 0 Å². The van der Waals surface area contributed by atoms with Crippen molar-refractivity contribution in [3.63, 3.8) is 0 Å². The summed E-state index contributed by atoms with van der Waals surface area (Å²) < 4.78 is 5.58. The molecule has 22 heavy (non-hydrogen) atoms. The van der Waals surface area contributed by atoms with Gasteiger partial charge in [-0.2, -0.15) is 0 Å². The number of anilines is 1. The maximum Gasteiger partial charge on any atom is 0.336 e. The molecule has 3 rings (SSSR count). The number of carbonyl (C=O) groups excluding carboxylic acids is 1. The number of fused-ring (bicyclic) bond motifs is 1. The Bertz CT molecular complexity index is 741. The third kappa shape index (κ3) is 2.41. The summed E-state index contributed by atoms with van der Waals surface area (Å²) in [7, 11) is 0. The summed E-state index contributed by atoms with van der Waals surface area (Å²) in [6.07, 6.45) is -0.591. The molecule has 5 heteroatoms. The monoisotopic (exact) mass is 297 g/mol. The van der Waals surface area contributed by atoms with Crippen molar-refractivity contribution < 1.29 is 19.4 Å². The molecule has 5 nitrogen and oxygen atoms in total. The molecule has 0 radical (unpaired) electrons. The van der Waals surface area contributed by atoms with E-state index in [1.54, 1.807) is 42.2 Å². The summed E-state index contributed by atoms with van der Waals surface area (Å²) in [5.41, 5.74) is 1.45. The predicted molar refractivity (Wildman–Crippen MR) is 81.1 cm³/mol. The zero-order chi connectivity index (χ0) is 15.7. The van der Waals surface area contributed by atoms with Gasteiger partial charge in [0.25, 0.3) is 5.91 Å². The Hall–Kier alpha value is -2.82. The van der Waals surface area contributed by atoms with E-state index in [1.807, 2.05) is 12.1 Å². The zero-order valence-corrected chi connectivity index (χ0v) is 12.0. The number of nitrogens with zero attached hydrogens (tertiary/aromatic N) is 1. The Morgan fingerprint density at radius 3 is 2.64 bits per heavy atom. The highest BCUT2D eigenvalue weighted by Crippen LogP contribution is 2.34. The van der Waals surface area contributed by atoms with Crippen LogP contribution in [-0.4, -0.2) is 23.1 Å². The number of rotatable bonds is 3. The molecule has 0 saturated carbocycles. The molecule has 0 aromatic heterocycles. The Labute approximate surface area is 127 Å². The van der Waals surface area contributed by atoms with Gasteiger partial charge in [0.05, 0.1) is 17.8 Å². The van der Waals surface area contributed by atoms with Crippen molar-refractivity contribution in [2.75, 3.05) is 4.90 Å². The first-order chi connectivity index (χ1) is 10.6. The molecule has 1 aliphatic rings. The largest absolute Gasteiger partial charge is 0.479 e. The zero-order valence-electron chi connectivity index (χ0n) is 12.0. The normalized spacial score (nSPS) is 16.9. The van der Waals surface area contributed by atoms with E-state index in [2.05, 4.69) is 0 Å². The average molecular weight is 297 g/mol. The van der Waals surface area contributed by atoms with Gasteiger partial charge in [-0.05, 0) is 30.7 Å². The summed E-state index contributed by atoms with van der Waals surface area (Å²) in [5, 5.41) is 9.28. The number of hydrogen-bond acceptors (Lipinski definition) is 3. The number of carbonyl (C=O) groups is 2. The summed E-state index contributed by atoms with van der Waals surface area (Å²) in [6, 6.07) is 14.0. The van der Waals surface area contributed by atoms with E-state index >= 15 is 0 Å². The predicted octanol–water partition coefficient (Wildman–Crippen LogP) is 2.70. The van der Waals surface area contributed by atoms with Crippen molar-refractivity contribution in [3.8, 4) is 5.75 Å². The molecule has 2 aromatic rings.